The van der Waals surface area contributed by atoms with E-state index in [9.17, 15) is 0 Å². The van der Waals surface area contributed by atoms with E-state index in [-0.39, 0.29) is 0 Å². The average Bonchev–Trinajstić information content (AvgIpc) is 2.23. The fourth-order valence-electron chi connectivity index (χ4n) is 1.27. The zero-order chi connectivity index (χ0) is 9.97. The zero-order valence-corrected chi connectivity index (χ0v) is 9.32. The Kier molecular flexibility index (Phi) is 2.59. The second kappa shape index (κ2) is 3.88. The molecule has 0 aliphatic rings. The summed E-state index contributed by atoms with van der Waals surface area (Å²) in [4.78, 5) is 8.58. The number of hydrogen-bond donors (Lipinski definition) is 0. The molecule has 0 aliphatic carbocycles. The first-order valence-corrected chi connectivity index (χ1v) is 5.11. The highest BCUT2D eigenvalue weighted by molar-refractivity contribution is 9.10. The Balaban J connectivity index is 2.58. The predicted octanol–water partition coefficient (Wildman–Crippen LogP) is 3.21. The summed E-state index contributed by atoms with van der Waals surface area (Å²) in [7, 11) is 0. The van der Waals surface area contributed by atoms with Crippen molar-refractivity contribution in [3.05, 3.63) is 46.7 Å². The van der Waals surface area contributed by atoms with Crippen molar-refractivity contribution in [2.24, 2.45) is 0 Å². The fraction of sp³-hybridized carbons (Fsp3) is 0.0909. The Hall–Kier alpha value is -1.22. The highest BCUT2D eigenvalue weighted by atomic mass is 79.9. The fourth-order valence-corrected chi connectivity index (χ4v) is 1.58. The van der Waals surface area contributed by atoms with Crippen LogP contribution in [0.3, 0.4) is 0 Å². The lowest BCUT2D eigenvalue weighted by Crippen LogP contribution is -1.90. The van der Waals surface area contributed by atoms with Gasteiger partial charge in [0.25, 0.3) is 0 Å². The summed E-state index contributed by atoms with van der Waals surface area (Å²) >= 11 is 3.48. The van der Waals surface area contributed by atoms with Gasteiger partial charge in [0.2, 0.25) is 0 Å². The zero-order valence-electron chi connectivity index (χ0n) is 7.74. The minimum Gasteiger partial charge on any atom is -0.255 e. The van der Waals surface area contributed by atoms with Crippen molar-refractivity contribution in [2.75, 3.05) is 0 Å². The maximum Gasteiger partial charge on any atom is 0.0926 e. The lowest BCUT2D eigenvalue weighted by molar-refractivity contribution is 1.20. The maximum atomic E-state index is 4.32. The van der Waals surface area contributed by atoms with Crippen LogP contribution >= 0.6 is 15.9 Å². The molecule has 0 aliphatic heterocycles. The number of nitrogens with zero attached hydrogens (tertiary/aromatic N) is 2. The van der Waals surface area contributed by atoms with Gasteiger partial charge < -0.3 is 0 Å². The Labute approximate surface area is 91.2 Å². The van der Waals surface area contributed by atoms with Gasteiger partial charge in [-0.05, 0) is 30.7 Å². The second-order valence-electron chi connectivity index (χ2n) is 2.98. The van der Waals surface area contributed by atoms with Crippen LogP contribution in [0.25, 0.3) is 11.4 Å². The molecule has 0 unspecified atom stereocenters. The van der Waals surface area contributed by atoms with Crippen molar-refractivity contribution in [3.63, 3.8) is 0 Å². The van der Waals surface area contributed by atoms with Crippen LogP contribution in [0.1, 0.15) is 5.56 Å². The molecule has 0 N–H and O–H groups in total. The third kappa shape index (κ3) is 1.68. The highest BCUT2D eigenvalue weighted by Gasteiger charge is 2.05. The molecule has 3 heteroatoms. The van der Waals surface area contributed by atoms with Gasteiger partial charge in [0, 0.05) is 16.9 Å². The first kappa shape index (κ1) is 9.34. The van der Waals surface area contributed by atoms with Gasteiger partial charge in [0.1, 0.15) is 0 Å². The topological polar surface area (TPSA) is 25.8 Å². The monoisotopic (exact) mass is 248 g/mol. The van der Waals surface area contributed by atoms with Gasteiger partial charge >= 0.3 is 0 Å². The van der Waals surface area contributed by atoms with Gasteiger partial charge in [0.15, 0.2) is 0 Å². The molecule has 14 heavy (non-hydrogen) atoms. The summed E-state index contributed by atoms with van der Waals surface area (Å²) in [5.74, 6) is 0. The maximum absolute atomic E-state index is 4.32. The van der Waals surface area contributed by atoms with E-state index in [0.717, 1.165) is 21.4 Å². The number of aromatic nitrogens is 2. The molecule has 0 radical (unpaired) electrons. The molecule has 0 aromatic carbocycles. The highest BCUT2D eigenvalue weighted by Crippen LogP contribution is 2.24. The lowest BCUT2D eigenvalue weighted by atomic mass is 10.1. The predicted molar refractivity (Wildman–Crippen MR) is 59.9 cm³/mol. The van der Waals surface area contributed by atoms with E-state index in [4.69, 9.17) is 0 Å². The van der Waals surface area contributed by atoms with Gasteiger partial charge in [-0.25, -0.2) is 0 Å². The number of pyridine rings is 2. The molecule has 0 fully saturated rings. The van der Waals surface area contributed by atoms with Gasteiger partial charge in [0.05, 0.1) is 11.4 Å². The van der Waals surface area contributed by atoms with E-state index in [2.05, 4.69) is 25.9 Å². The normalized spacial score (nSPS) is 10.1. The molecular weight excluding hydrogens is 240 g/mol. The van der Waals surface area contributed by atoms with Gasteiger partial charge in [-0.2, -0.15) is 0 Å². The van der Waals surface area contributed by atoms with Crippen LogP contribution in [0.2, 0.25) is 0 Å². The number of rotatable bonds is 1. The molecule has 0 saturated heterocycles. The van der Waals surface area contributed by atoms with Crippen LogP contribution in [0, 0.1) is 6.92 Å². The quantitative estimate of drug-likeness (QED) is 0.775. The average molecular weight is 249 g/mol. The molecule has 0 saturated carbocycles. The summed E-state index contributed by atoms with van der Waals surface area (Å²) in [6.45, 7) is 2.03. The number of halogens is 1. The van der Waals surface area contributed by atoms with Crippen molar-refractivity contribution in [1.29, 1.82) is 0 Å². The van der Waals surface area contributed by atoms with Crippen molar-refractivity contribution < 1.29 is 0 Å². The molecule has 0 amide bonds. The summed E-state index contributed by atoms with van der Waals surface area (Å²) in [5.41, 5.74) is 2.96. The van der Waals surface area contributed by atoms with E-state index in [1.165, 1.54) is 0 Å². The molecule has 0 atom stereocenters. The van der Waals surface area contributed by atoms with Crippen LogP contribution in [0.4, 0.5) is 0 Å². The Morgan fingerprint density at radius 3 is 2.64 bits per heavy atom. The third-order valence-corrected chi connectivity index (χ3v) is 2.90. The lowest BCUT2D eigenvalue weighted by Gasteiger charge is -2.04. The molecule has 2 rings (SSSR count). The first-order valence-electron chi connectivity index (χ1n) is 4.31. The molecular formula is C11H9BrN2. The summed E-state index contributed by atoms with van der Waals surface area (Å²) in [6.07, 6.45) is 3.55. The van der Waals surface area contributed by atoms with Crippen LogP contribution in [-0.2, 0) is 0 Å². The summed E-state index contributed by atoms with van der Waals surface area (Å²) in [5, 5.41) is 0. The molecule has 70 valence electrons. The van der Waals surface area contributed by atoms with Crippen LogP contribution in [0.5, 0.6) is 0 Å². The second-order valence-corrected chi connectivity index (χ2v) is 3.84. The molecule has 0 bridgehead atoms. The largest absolute Gasteiger partial charge is 0.255 e. The van der Waals surface area contributed by atoms with Gasteiger partial charge in [-0.1, -0.05) is 22.0 Å². The van der Waals surface area contributed by atoms with Crippen molar-refractivity contribution in [1.82, 2.24) is 9.97 Å². The standard InChI is InChI=1S/C11H9BrN2/c1-8-9(12)5-7-14-11(8)10-4-2-3-6-13-10/h2-7H,1H3. The van der Waals surface area contributed by atoms with Crippen LogP contribution < -0.4 is 0 Å². The van der Waals surface area contributed by atoms with Crippen LogP contribution in [-0.4, -0.2) is 9.97 Å². The van der Waals surface area contributed by atoms with Gasteiger partial charge in [-0.15, -0.1) is 0 Å². The van der Waals surface area contributed by atoms with E-state index in [1.54, 1.807) is 12.4 Å². The first-order chi connectivity index (χ1) is 6.79. The van der Waals surface area contributed by atoms with Crippen molar-refractivity contribution >= 4 is 15.9 Å². The molecule has 0 spiro atoms. The molecule has 2 nitrogen and oxygen atoms in total. The third-order valence-electron chi connectivity index (χ3n) is 2.05. The van der Waals surface area contributed by atoms with E-state index in [1.807, 2.05) is 31.2 Å². The van der Waals surface area contributed by atoms with E-state index >= 15 is 0 Å². The van der Waals surface area contributed by atoms with E-state index < -0.39 is 0 Å². The molecule has 2 aromatic heterocycles. The Morgan fingerprint density at radius 2 is 1.93 bits per heavy atom. The Bertz CT molecular complexity index is 440. The molecule has 2 aromatic rings. The number of hydrogen-bond acceptors (Lipinski definition) is 2. The summed E-state index contributed by atoms with van der Waals surface area (Å²) < 4.78 is 1.06. The SMILES string of the molecule is Cc1c(Br)ccnc1-c1ccccn1. The Morgan fingerprint density at radius 1 is 1.07 bits per heavy atom. The summed E-state index contributed by atoms with van der Waals surface area (Å²) in [6, 6.07) is 7.75. The minimum atomic E-state index is 0.909. The molecule has 2 heterocycles. The minimum absolute atomic E-state index is 0.909. The van der Waals surface area contributed by atoms with Crippen LogP contribution in [0.15, 0.2) is 41.1 Å². The van der Waals surface area contributed by atoms with Gasteiger partial charge in [-0.3, -0.25) is 9.97 Å². The van der Waals surface area contributed by atoms with Crippen molar-refractivity contribution in [2.45, 2.75) is 6.92 Å². The van der Waals surface area contributed by atoms with Crippen molar-refractivity contribution in [3.8, 4) is 11.4 Å². The smallest absolute Gasteiger partial charge is 0.0926 e. The van der Waals surface area contributed by atoms with E-state index in [0.29, 0.717) is 0 Å².